The van der Waals surface area contributed by atoms with Crippen LogP contribution in [-0.4, -0.2) is 71.6 Å². The SMILES string of the molecule is CN1C(=O)c2c3ccnc2OC(CCN2CCCCC2)C1OC(=O)C(=O)O3. The van der Waals surface area contributed by atoms with E-state index in [0.29, 0.717) is 6.42 Å². The molecule has 0 saturated carbocycles. The van der Waals surface area contributed by atoms with Gasteiger partial charge in [-0.25, -0.2) is 14.6 Å². The van der Waals surface area contributed by atoms with Gasteiger partial charge in [-0.2, -0.15) is 0 Å². The normalized spacial score (nSPS) is 25.7. The molecule has 3 aliphatic heterocycles. The van der Waals surface area contributed by atoms with Gasteiger partial charge in [-0.3, -0.25) is 4.79 Å². The van der Waals surface area contributed by atoms with Crippen LogP contribution in [0, 0.1) is 0 Å². The van der Waals surface area contributed by atoms with Crippen LogP contribution in [0.15, 0.2) is 12.3 Å². The monoisotopic (exact) mass is 375 g/mol. The summed E-state index contributed by atoms with van der Waals surface area (Å²) >= 11 is 0. The molecule has 2 bridgehead atoms. The van der Waals surface area contributed by atoms with Crippen LogP contribution in [0.25, 0.3) is 0 Å². The van der Waals surface area contributed by atoms with Crippen molar-refractivity contribution in [1.29, 1.82) is 0 Å². The molecule has 1 saturated heterocycles. The maximum atomic E-state index is 12.9. The van der Waals surface area contributed by atoms with Gasteiger partial charge >= 0.3 is 11.9 Å². The highest BCUT2D eigenvalue weighted by atomic mass is 16.6. The lowest BCUT2D eigenvalue weighted by Crippen LogP contribution is -2.49. The van der Waals surface area contributed by atoms with Gasteiger partial charge in [-0.05, 0) is 25.9 Å². The van der Waals surface area contributed by atoms with Gasteiger partial charge in [-0.1, -0.05) is 6.42 Å². The van der Waals surface area contributed by atoms with E-state index in [1.165, 1.54) is 30.6 Å². The molecular weight excluding hydrogens is 354 g/mol. The average molecular weight is 375 g/mol. The molecule has 1 amide bonds. The first-order valence-electron chi connectivity index (χ1n) is 9.12. The van der Waals surface area contributed by atoms with E-state index in [9.17, 15) is 14.4 Å². The molecule has 0 spiro atoms. The van der Waals surface area contributed by atoms with Gasteiger partial charge < -0.3 is 24.0 Å². The van der Waals surface area contributed by atoms with Gasteiger partial charge in [0.2, 0.25) is 12.1 Å². The van der Waals surface area contributed by atoms with Crippen LogP contribution in [0.5, 0.6) is 11.6 Å². The van der Waals surface area contributed by atoms with Crippen molar-refractivity contribution in [3.8, 4) is 11.6 Å². The molecule has 144 valence electrons. The zero-order valence-electron chi connectivity index (χ0n) is 15.1. The maximum absolute atomic E-state index is 12.9. The van der Waals surface area contributed by atoms with Crippen molar-refractivity contribution in [3.63, 3.8) is 0 Å². The van der Waals surface area contributed by atoms with Gasteiger partial charge in [0.1, 0.15) is 5.56 Å². The lowest BCUT2D eigenvalue weighted by Gasteiger charge is -2.32. The number of likely N-dealkylation sites (N-methyl/N-ethyl adjacent to an activating group) is 1. The molecular formula is C18H21N3O6. The fourth-order valence-corrected chi connectivity index (χ4v) is 3.69. The van der Waals surface area contributed by atoms with Gasteiger partial charge in [0.15, 0.2) is 11.9 Å². The zero-order chi connectivity index (χ0) is 19.0. The summed E-state index contributed by atoms with van der Waals surface area (Å²) in [6.07, 6.45) is 3.77. The number of piperidine rings is 1. The van der Waals surface area contributed by atoms with Crippen molar-refractivity contribution in [3.05, 3.63) is 17.8 Å². The smallest absolute Gasteiger partial charge is 0.422 e. The van der Waals surface area contributed by atoms with Crippen LogP contribution in [0.1, 0.15) is 36.0 Å². The Balaban J connectivity index is 1.68. The largest absolute Gasteiger partial charge is 0.468 e. The van der Waals surface area contributed by atoms with Crippen molar-refractivity contribution in [1.82, 2.24) is 14.8 Å². The van der Waals surface area contributed by atoms with E-state index in [1.807, 2.05) is 0 Å². The predicted octanol–water partition coefficient (Wildman–Crippen LogP) is 0.579. The molecule has 27 heavy (non-hydrogen) atoms. The summed E-state index contributed by atoms with van der Waals surface area (Å²) in [5.41, 5.74) is 0.0251. The molecule has 9 heteroatoms. The number of hydrogen-bond donors (Lipinski definition) is 0. The molecule has 0 radical (unpaired) electrons. The Morgan fingerprint density at radius 1 is 1.11 bits per heavy atom. The Kier molecular flexibility index (Phi) is 4.69. The molecule has 4 heterocycles. The predicted molar refractivity (Wildman–Crippen MR) is 91.2 cm³/mol. The minimum atomic E-state index is -1.17. The van der Waals surface area contributed by atoms with Crippen LogP contribution < -0.4 is 9.47 Å². The fraction of sp³-hybridized carbons (Fsp3) is 0.556. The summed E-state index contributed by atoms with van der Waals surface area (Å²) < 4.78 is 16.3. The van der Waals surface area contributed by atoms with Gasteiger partial charge in [0.25, 0.3) is 5.91 Å². The van der Waals surface area contributed by atoms with E-state index in [1.54, 1.807) is 0 Å². The molecule has 1 aromatic rings. The van der Waals surface area contributed by atoms with Crippen molar-refractivity contribution < 1.29 is 28.6 Å². The number of carbonyl (C=O) groups excluding carboxylic acids is 3. The molecule has 9 nitrogen and oxygen atoms in total. The summed E-state index contributed by atoms with van der Waals surface area (Å²) in [5.74, 6) is -2.77. The first kappa shape index (κ1) is 17.7. The molecule has 4 rings (SSSR count). The van der Waals surface area contributed by atoms with Crippen molar-refractivity contribution in [2.24, 2.45) is 0 Å². The Hall–Kier alpha value is -2.68. The summed E-state index contributed by atoms with van der Waals surface area (Å²) in [4.78, 5) is 44.7. The molecule has 3 aliphatic rings. The minimum absolute atomic E-state index is 0.0251. The van der Waals surface area contributed by atoms with Crippen LogP contribution in [0.2, 0.25) is 0 Å². The summed E-state index contributed by atoms with van der Waals surface area (Å²) in [6.45, 7) is 2.76. The topological polar surface area (TPSA) is 98.3 Å². The first-order valence-corrected chi connectivity index (χ1v) is 9.12. The summed E-state index contributed by atoms with van der Waals surface area (Å²) in [7, 11) is 1.51. The van der Waals surface area contributed by atoms with Crippen LogP contribution in [0.3, 0.4) is 0 Å². The standard InChI is InChI=1S/C18H21N3O6/c1-20-15(22)13-11-5-7-19-14(13)25-12(6-10-21-8-3-2-4-9-21)16(20)27-18(24)17(23)26-11/h5,7,12,16H,2-4,6,8-10H2,1H3. The third-order valence-corrected chi connectivity index (χ3v) is 5.15. The fourth-order valence-electron chi connectivity index (χ4n) is 3.69. The number of amides is 1. The van der Waals surface area contributed by atoms with Gasteiger partial charge in [0.05, 0.1) is 0 Å². The average Bonchev–Trinajstić information content (AvgIpc) is 2.75. The molecule has 1 aromatic heterocycles. The lowest BCUT2D eigenvalue weighted by molar-refractivity contribution is -0.176. The number of fused-ring (bicyclic) bond motifs is 2. The Labute approximate surface area is 156 Å². The van der Waals surface area contributed by atoms with E-state index < -0.39 is 30.2 Å². The van der Waals surface area contributed by atoms with E-state index >= 15 is 0 Å². The molecule has 1 fully saturated rings. The minimum Gasteiger partial charge on any atom is -0.468 e. The summed E-state index contributed by atoms with van der Waals surface area (Å²) in [6, 6.07) is 1.35. The number of rotatable bonds is 3. The van der Waals surface area contributed by atoms with Gasteiger partial charge in [0, 0.05) is 32.3 Å². The number of pyridine rings is 1. The number of likely N-dealkylation sites (tertiary alicyclic amines) is 1. The highest BCUT2D eigenvalue weighted by Crippen LogP contribution is 2.34. The Morgan fingerprint density at radius 2 is 1.89 bits per heavy atom. The lowest BCUT2D eigenvalue weighted by atomic mass is 10.1. The number of esters is 2. The van der Waals surface area contributed by atoms with Crippen LogP contribution in [-0.2, 0) is 14.3 Å². The second kappa shape index (κ2) is 7.15. The second-order valence-electron chi connectivity index (χ2n) is 6.94. The number of hydrogen-bond acceptors (Lipinski definition) is 8. The van der Waals surface area contributed by atoms with Gasteiger partial charge in [-0.15, -0.1) is 0 Å². The highest BCUT2D eigenvalue weighted by Gasteiger charge is 2.43. The Bertz CT molecular complexity index is 776. The van der Waals surface area contributed by atoms with E-state index in [-0.39, 0.29) is 17.2 Å². The second-order valence-corrected chi connectivity index (χ2v) is 6.94. The highest BCUT2D eigenvalue weighted by molar-refractivity contribution is 6.30. The molecule has 2 unspecified atom stereocenters. The van der Waals surface area contributed by atoms with Crippen molar-refractivity contribution >= 4 is 17.8 Å². The molecule has 0 N–H and O–H groups in total. The first-order chi connectivity index (χ1) is 13.0. The van der Waals surface area contributed by atoms with E-state index in [4.69, 9.17) is 14.2 Å². The summed E-state index contributed by atoms with van der Waals surface area (Å²) in [5, 5.41) is 0. The zero-order valence-corrected chi connectivity index (χ0v) is 15.1. The number of carbonyl (C=O) groups is 3. The number of ether oxygens (including phenoxy) is 3. The van der Waals surface area contributed by atoms with Crippen molar-refractivity contribution in [2.45, 2.75) is 38.0 Å². The number of nitrogens with zero attached hydrogens (tertiary/aromatic N) is 3. The quantitative estimate of drug-likeness (QED) is 0.559. The third kappa shape index (κ3) is 3.34. The van der Waals surface area contributed by atoms with Crippen LogP contribution in [0.4, 0.5) is 0 Å². The molecule has 0 aliphatic carbocycles. The maximum Gasteiger partial charge on any atom is 0.422 e. The third-order valence-electron chi connectivity index (χ3n) is 5.15. The van der Waals surface area contributed by atoms with Crippen LogP contribution >= 0.6 is 0 Å². The number of aromatic nitrogens is 1. The molecule has 0 aromatic carbocycles. The van der Waals surface area contributed by atoms with E-state index in [2.05, 4.69) is 9.88 Å². The van der Waals surface area contributed by atoms with Crippen molar-refractivity contribution in [2.75, 3.05) is 26.7 Å². The molecule has 2 atom stereocenters. The van der Waals surface area contributed by atoms with E-state index in [0.717, 1.165) is 32.5 Å². The Morgan fingerprint density at radius 3 is 2.67 bits per heavy atom.